The first-order valence-corrected chi connectivity index (χ1v) is 10.7. The summed E-state index contributed by atoms with van der Waals surface area (Å²) >= 11 is 0. The third-order valence-electron chi connectivity index (χ3n) is 6.09. The van der Waals surface area contributed by atoms with E-state index in [1.165, 1.54) is 11.1 Å². The van der Waals surface area contributed by atoms with Crippen LogP contribution in [0.4, 0.5) is 0 Å². The Kier molecular flexibility index (Phi) is 7.12. The van der Waals surface area contributed by atoms with Crippen LogP contribution in [0.3, 0.4) is 0 Å². The fraction of sp³-hybridized carbons (Fsp3) is 0.520. The summed E-state index contributed by atoms with van der Waals surface area (Å²) in [6.45, 7) is 8.62. The number of nitrogens with one attached hydrogen (secondary N) is 1. The molecule has 1 fully saturated rings. The highest BCUT2D eigenvalue weighted by Crippen LogP contribution is 2.34. The van der Waals surface area contributed by atoms with E-state index in [2.05, 4.69) is 62.5 Å². The topological polar surface area (TPSA) is 67.5 Å². The molecule has 158 valence electrons. The first kappa shape index (κ1) is 22.0. The van der Waals surface area contributed by atoms with E-state index in [1.54, 1.807) is 0 Å². The minimum absolute atomic E-state index is 0.0971. The standard InChI is InChI=1S/C25H36N2O2/c1-24(2,3)20-10-7-11-21(17-20)25(12-14-29-15-13-25)27-18-23(28)22(26)16-19-8-5-4-6-9-19/h4-11,17,22-23,27-28H,12-16,18,26H2,1-3H3/t22-,23+/m0/s1. The number of nitrogens with two attached hydrogens (primary N) is 1. The van der Waals surface area contributed by atoms with Crippen molar-refractivity contribution >= 4 is 0 Å². The van der Waals surface area contributed by atoms with Gasteiger partial charge in [-0.3, -0.25) is 0 Å². The fourth-order valence-electron chi connectivity index (χ4n) is 4.04. The van der Waals surface area contributed by atoms with Crippen LogP contribution in [-0.2, 0) is 22.1 Å². The molecule has 2 aromatic carbocycles. The van der Waals surface area contributed by atoms with E-state index < -0.39 is 6.10 Å². The minimum Gasteiger partial charge on any atom is -0.390 e. The maximum absolute atomic E-state index is 10.7. The Morgan fingerprint density at radius 1 is 1.07 bits per heavy atom. The Balaban J connectivity index is 1.72. The van der Waals surface area contributed by atoms with E-state index >= 15 is 0 Å². The number of hydrogen-bond acceptors (Lipinski definition) is 4. The van der Waals surface area contributed by atoms with Gasteiger partial charge in [-0.05, 0) is 41.4 Å². The van der Waals surface area contributed by atoms with Crippen molar-refractivity contribution in [1.29, 1.82) is 0 Å². The van der Waals surface area contributed by atoms with Gasteiger partial charge in [-0.25, -0.2) is 0 Å². The second-order valence-electron chi connectivity index (χ2n) is 9.33. The molecule has 2 aromatic rings. The van der Waals surface area contributed by atoms with Crippen LogP contribution in [-0.4, -0.2) is 37.0 Å². The van der Waals surface area contributed by atoms with Gasteiger partial charge >= 0.3 is 0 Å². The lowest BCUT2D eigenvalue weighted by molar-refractivity contribution is 0.0281. The van der Waals surface area contributed by atoms with Gasteiger partial charge in [-0.2, -0.15) is 0 Å². The molecule has 0 amide bonds. The molecule has 0 aliphatic carbocycles. The molecular weight excluding hydrogens is 360 g/mol. The molecule has 1 heterocycles. The summed E-state index contributed by atoms with van der Waals surface area (Å²) in [5.41, 5.74) is 9.97. The van der Waals surface area contributed by atoms with Gasteiger partial charge in [0.05, 0.1) is 6.10 Å². The molecule has 0 unspecified atom stereocenters. The summed E-state index contributed by atoms with van der Waals surface area (Å²) in [5.74, 6) is 0. The SMILES string of the molecule is CC(C)(C)c1cccc(C2(NC[C@@H](O)[C@@H](N)Cc3ccccc3)CCOCC2)c1. The molecule has 0 aromatic heterocycles. The van der Waals surface area contributed by atoms with Gasteiger partial charge < -0.3 is 20.9 Å². The van der Waals surface area contributed by atoms with Crippen molar-refractivity contribution < 1.29 is 9.84 Å². The maximum atomic E-state index is 10.7. The van der Waals surface area contributed by atoms with Crippen molar-refractivity contribution in [1.82, 2.24) is 5.32 Å². The van der Waals surface area contributed by atoms with Crippen LogP contribution in [0.5, 0.6) is 0 Å². The van der Waals surface area contributed by atoms with Crippen LogP contribution in [0.15, 0.2) is 54.6 Å². The van der Waals surface area contributed by atoms with Crippen LogP contribution >= 0.6 is 0 Å². The van der Waals surface area contributed by atoms with Gasteiger partial charge in [0.25, 0.3) is 0 Å². The molecule has 0 saturated carbocycles. The molecule has 0 radical (unpaired) electrons. The van der Waals surface area contributed by atoms with E-state index in [0.29, 0.717) is 13.0 Å². The van der Waals surface area contributed by atoms with Crippen molar-refractivity contribution in [2.24, 2.45) is 5.73 Å². The zero-order chi connectivity index (χ0) is 20.9. The zero-order valence-electron chi connectivity index (χ0n) is 18.0. The van der Waals surface area contributed by atoms with Gasteiger partial charge in [0.15, 0.2) is 0 Å². The van der Waals surface area contributed by atoms with Gasteiger partial charge in [-0.15, -0.1) is 0 Å². The molecule has 1 aliphatic rings. The molecule has 0 bridgehead atoms. The largest absolute Gasteiger partial charge is 0.390 e. The Hall–Kier alpha value is -1.72. The molecular formula is C25H36N2O2. The van der Waals surface area contributed by atoms with E-state index in [9.17, 15) is 5.11 Å². The summed E-state index contributed by atoms with van der Waals surface area (Å²) < 4.78 is 5.65. The average molecular weight is 397 g/mol. The number of hydrogen-bond donors (Lipinski definition) is 3. The predicted octanol–water partition coefficient (Wildman–Crippen LogP) is 3.51. The highest BCUT2D eigenvalue weighted by molar-refractivity contribution is 5.33. The first-order valence-electron chi connectivity index (χ1n) is 10.7. The molecule has 0 spiro atoms. The molecule has 1 saturated heterocycles. The predicted molar refractivity (Wildman–Crippen MR) is 119 cm³/mol. The van der Waals surface area contributed by atoms with Crippen LogP contribution in [0, 0.1) is 0 Å². The van der Waals surface area contributed by atoms with Crippen LogP contribution in [0.1, 0.15) is 50.3 Å². The quantitative estimate of drug-likeness (QED) is 0.670. The molecule has 4 heteroatoms. The van der Waals surface area contributed by atoms with Gasteiger partial charge in [-0.1, -0.05) is 75.4 Å². The third-order valence-corrected chi connectivity index (χ3v) is 6.09. The Morgan fingerprint density at radius 2 is 1.76 bits per heavy atom. The number of rotatable bonds is 7. The van der Waals surface area contributed by atoms with Crippen LogP contribution in [0.2, 0.25) is 0 Å². The highest BCUT2D eigenvalue weighted by atomic mass is 16.5. The maximum Gasteiger partial charge on any atom is 0.0818 e. The molecule has 1 aliphatic heterocycles. The molecule has 4 N–H and O–H groups in total. The number of aliphatic hydroxyl groups excluding tert-OH is 1. The number of ether oxygens (including phenoxy) is 1. The second-order valence-corrected chi connectivity index (χ2v) is 9.33. The lowest BCUT2D eigenvalue weighted by Crippen LogP contribution is -2.52. The van der Waals surface area contributed by atoms with E-state index in [0.717, 1.165) is 31.6 Å². The Bertz CT molecular complexity index is 764. The monoisotopic (exact) mass is 396 g/mol. The second kappa shape index (κ2) is 9.40. The van der Waals surface area contributed by atoms with Gasteiger partial charge in [0.1, 0.15) is 0 Å². The summed E-state index contributed by atoms with van der Waals surface area (Å²) in [6.07, 6.45) is 1.84. The van der Waals surface area contributed by atoms with Gasteiger partial charge in [0.2, 0.25) is 0 Å². The third kappa shape index (κ3) is 5.67. The van der Waals surface area contributed by atoms with Crippen molar-refractivity contribution in [2.45, 2.75) is 63.1 Å². The van der Waals surface area contributed by atoms with Crippen molar-refractivity contribution in [2.75, 3.05) is 19.8 Å². The normalized spacial score (nSPS) is 18.9. The first-order chi connectivity index (χ1) is 13.8. The van der Waals surface area contributed by atoms with E-state index in [4.69, 9.17) is 10.5 Å². The van der Waals surface area contributed by atoms with Crippen LogP contribution in [0.25, 0.3) is 0 Å². The van der Waals surface area contributed by atoms with Gasteiger partial charge in [0, 0.05) is 31.3 Å². The summed E-state index contributed by atoms with van der Waals surface area (Å²) in [5, 5.41) is 14.4. The van der Waals surface area contributed by atoms with E-state index in [1.807, 2.05) is 18.2 Å². The van der Waals surface area contributed by atoms with Crippen molar-refractivity contribution in [3.8, 4) is 0 Å². The minimum atomic E-state index is -0.610. The number of benzene rings is 2. The molecule has 29 heavy (non-hydrogen) atoms. The lowest BCUT2D eigenvalue weighted by atomic mass is 9.78. The van der Waals surface area contributed by atoms with Crippen molar-refractivity contribution in [3.05, 3.63) is 71.3 Å². The zero-order valence-corrected chi connectivity index (χ0v) is 18.0. The Labute approximate surface area is 175 Å². The average Bonchev–Trinajstić information content (AvgIpc) is 2.73. The van der Waals surface area contributed by atoms with Crippen molar-refractivity contribution in [3.63, 3.8) is 0 Å². The van der Waals surface area contributed by atoms with E-state index in [-0.39, 0.29) is 17.0 Å². The highest BCUT2D eigenvalue weighted by Gasteiger charge is 2.35. The summed E-state index contributed by atoms with van der Waals surface area (Å²) in [6, 6.07) is 18.7. The Morgan fingerprint density at radius 3 is 2.41 bits per heavy atom. The molecule has 2 atom stereocenters. The molecule has 3 rings (SSSR count). The molecule has 4 nitrogen and oxygen atoms in total. The summed E-state index contributed by atoms with van der Waals surface area (Å²) in [7, 11) is 0. The summed E-state index contributed by atoms with van der Waals surface area (Å²) in [4.78, 5) is 0. The smallest absolute Gasteiger partial charge is 0.0818 e. The number of aliphatic hydroxyl groups is 1. The van der Waals surface area contributed by atoms with Crippen LogP contribution < -0.4 is 11.1 Å². The fourth-order valence-corrected chi connectivity index (χ4v) is 4.04. The lowest BCUT2D eigenvalue weighted by Gasteiger charge is -2.40.